The fourth-order valence-corrected chi connectivity index (χ4v) is 2.35. The zero-order valence-electron chi connectivity index (χ0n) is 8.49. The van der Waals surface area contributed by atoms with E-state index in [2.05, 4.69) is 0 Å². The number of hydrogen-bond donors (Lipinski definition) is 1. The Labute approximate surface area is 104 Å². The number of carbonyl (C=O) groups is 1. The summed E-state index contributed by atoms with van der Waals surface area (Å²) in [6.07, 6.45) is 0.411. The standard InChI is InChI=1S/C11H11Cl2NO2/c12-5-7-4-10(16)14(6-7)11-8(13)2-1-3-9(11)15/h1-3,7,15H,4-6H2. The highest BCUT2D eigenvalue weighted by Crippen LogP contribution is 2.38. The lowest BCUT2D eigenvalue weighted by Crippen LogP contribution is -2.25. The Balaban J connectivity index is 2.35. The number of phenols is 1. The summed E-state index contributed by atoms with van der Waals surface area (Å²) in [6.45, 7) is 0.514. The van der Waals surface area contributed by atoms with Gasteiger partial charge in [-0.1, -0.05) is 17.7 Å². The molecule has 1 saturated heterocycles. The van der Waals surface area contributed by atoms with Crippen molar-refractivity contribution in [3.8, 4) is 5.75 Å². The van der Waals surface area contributed by atoms with E-state index in [1.165, 1.54) is 11.0 Å². The van der Waals surface area contributed by atoms with Crippen molar-refractivity contribution in [3.63, 3.8) is 0 Å². The first-order valence-electron chi connectivity index (χ1n) is 4.97. The third kappa shape index (κ3) is 1.97. The molecule has 1 amide bonds. The van der Waals surface area contributed by atoms with Crippen molar-refractivity contribution in [1.29, 1.82) is 0 Å². The molecule has 1 atom stereocenters. The van der Waals surface area contributed by atoms with Crippen LogP contribution >= 0.6 is 23.2 Å². The molecule has 86 valence electrons. The number of alkyl halides is 1. The minimum atomic E-state index is -0.0472. The number of aromatic hydroxyl groups is 1. The third-order valence-corrected chi connectivity index (χ3v) is 3.40. The maximum atomic E-state index is 11.7. The minimum absolute atomic E-state index is 0.0241. The Morgan fingerprint density at radius 3 is 2.81 bits per heavy atom. The highest BCUT2D eigenvalue weighted by atomic mass is 35.5. The number of phenolic OH excluding ortho intramolecular Hbond substituents is 1. The summed E-state index contributed by atoms with van der Waals surface area (Å²) in [5, 5.41) is 10.1. The average Bonchev–Trinajstić information content (AvgIpc) is 2.60. The molecule has 0 spiro atoms. The molecule has 1 aromatic carbocycles. The molecule has 2 rings (SSSR count). The lowest BCUT2D eigenvalue weighted by Gasteiger charge is -2.19. The number of para-hydroxylation sites is 1. The molecule has 0 aromatic heterocycles. The smallest absolute Gasteiger partial charge is 0.227 e. The van der Waals surface area contributed by atoms with Crippen LogP contribution in [0.1, 0.15) is 6.42 Å². The number of anilines is 1. The molecule has 3 nitrogen and oxygen atoms in total. The highest BCUT2D eigenvalue weighted by Gasteiger charge is 2.32. The van der Waals surface area contributed by atoms with E-state index in [1.807, 2.05) is 0 Å². The third-order valence-electron chi connectivity index (χ3n) is 2.66. The minimum Gasteiger partial charge on any atom is -0.506 e. The van der Waals surface area contributed by atoms with Crippen LogP contribution in [0.15, 0.2) is 18.2 Å². The van der Waals surface area contributed by atoms with Gasteiger partial charge in [0.05, 0.1) is 5.02 Å². The van der Waals surface area contributed by atoms with E-state index in [4.69, 9.17) is 23.2 Å². The first-order chi connectivity index (χ1) is 7.63. The number of amides is 1. The summed E-state index contributed by atoms with van der Waals surface area (Å²) in [7, 11) is 0. The topological polar surface area (TPSA) is 40.5 Å². The van der Waals surface area contributed by atoms with Crippen LogP contribution < -0.4 is 4.90 Å². The van der Waals surface area contributed by atoms with Gasteiger partial charge in [0.15, 0.2) is 0 Å². The van der Waals surface area contributed by atoms with Crippen molar-refractivity contribution < 1.29 is 9.90 Å². The predicted molar refractivity (Wildman–Crippen MR) is 64.3 cm³/mol. The SMILES string of the molecule is O=C1CC(CCl)CN1c1c(O)cccc1Cl. The predicted octanol–water partition coefficient (Wildman–Crippen LogP) is 2.64. The number of carbonyl (C=O) groups excluding carboxylic acids is 1. The van der Waals surface area contributed by atoms with Gasteiger partial charge in [-0.3, -0.25) is 4.79 Å². The second kappa shape index (κ2) is 4.52. The molecule has 1 N–H and O–H groups in total. The van der Waals surface area contributed by atoms with Crippen molar-refractivity contribution in [2.45, 2.75) is 6.42 Å². The van der Waals surface area contributed by atoms with Gasteiger partial charge in [-0.2, -0.15) is 0 Å². The monoisotopic (exact) mass is 259 g/mol. The second-order valence-electron chi connectivity index (χ2n) is 3.84. The van der Waals surface area contributed by atoms with Gasteiger partial charge in [0.2, 0.25) is 5.91 Å². The van der Waals surface area contributed by atoms with Crippen LogP contribution in [0.5, 0.6) is 5.75 Å². The van der Waals surface area contributed by atoms with Crippen LogP contribution in [0, 0.1) is 5.92 Å². The molecule has 1 aromatic rings. The zero-order chi connectivity index (χ0) is 11.7. The van der Waals surface area contributed by atoms with Crippen molar-refractivity contribution in [2.75, 3.05) is 17.3 Å². The molecule has 1 unspecified atom stereocenters. The summed E-state index contributed by atoms with van der Waals surface area (Å²) in [5.74, 6) is 0.544. The molecule has 0 saturated carbocycles. The molecular weight excluding hydrogens is 249 g/mol. The molecule has 0 bridgehead atoms. The number of rotatable bonds is 2. The second-order valence-corrected chi connectivity index (χ2v) is 4.55. The maximum absolute atomic E-state index is 11.7. The van der Waals surface area contributed by atoms with E-state index in [-0.39, 0.29) is 17.6 Å². The molecule has 1 heterocycles. The lowest BCUT2D eigenvalue weighted by molar-refractivity contribution is -0.117. The van der Waals surface area contributed by atoms with Crippen molar-refractivity contribution in [2.24, 2.45) is 5.92 Å². The van der Waals surface area contributed by atoms with Crippen LogP contribution in [0.4, 0.5) is 5.69 Å². The van der Waals surface area contributed by atoms with Gasteiger partial charge in [-0.05, 0) is 18.1 Å². The van der Waals surface area contributed by atoms with E-state index >= 15 is 0 Å². The number of benzene rings is 1. The number of hydrogen-bond acceptors (Lipinski definition) is 2. The van der Waals surface area contributed by atoms with Crippen LogP contribution in [0.3, 0.4) is 0 Å². The van der Waals surface area contributed by atoms with Crippen LogP contribution in [-0.4, -0.2) is 23.4 Å². The van der Waals surface area contributed by atoms with Crippen LogP contribution in [0.2, 0.25) is 5.02 Å². The van der Waals surface area contributed by atoms with Gasteiger partial charge in [-0.15, -0.1) is 11.6 Å². The summed E-state index contributed by atoms with van der Waals surface area (Å²) >= 11 is 11.7. The van der Waals surface area contributed by atoms with Crippen LogP contribution in [-0.2, 0) is 4.79 Å². The van der Waals surface area contributed by atoms with E-state index in [0.717, 1.165) is 0 Å². The molecule has 1 aliphatic heterocycles. The van der Waals surface area contributed by atoms with E-state index in [9.17, 15) is 9.90 Å². The highest BCUT2D eigenvalue weighted by molar-refractivity contribution is 6.34. The molecule has 0 aliphatic carbocycles. The quantitative estimate of drug-likeness (QED) is 0.830. The first-order valence-corrected chi connectivity index (χ1v) is 5.88. The largest absolute Gasteiger partial charge is 0.506 e. The molecule has 1 fully saturated rings. The molecule has 5 heteroatoms. The maximum Gasteiger partial charge on any atom is 0.227 e. The van der Waals surface area contributed by atoms with Gasteiger partial charge in [0.1, 0.15) is 11.4 Å². The van der Waals surface area contributed by atoms with E-state index in [1.54, 1.807) is 12.1 Å². The van der Waals surface area contributed by atoms with Gasteiger partial charge < -0.3 is 10.0 Å². The Kier molecular flexibility index (Phi) is 3.26. The summed E-state index contributed by atoms with van der Waals surface area (Å²) in [4.78, 5) is 13.3. The van der Waals surface area contributed by atoms with Crippen molar-refractivity contribution in [1.82, 2.24) is 0 Å². The van der Waals surface area contributed by atoms with Gasteiger partial charge in [0.25, 0.3) is 0 Å². The molecule has 1 aliphatic rings. The normalized spacial score (nSPS) is 20.5. The fourth-order valence-electron chi connectivity index (χ4n) is 1.87. The Morgan fingerprint density at radius 2 is 2.25 bits per heavy atom. The summed E-state index contributed by atoms with van der Waals surface area (Å²) in [5.41, 5.74) is 0.391. The summed E-state index contributed by atoms with van der Waals surface area (Å²) < 4.78 is 0. The lowest BCUT2D eigenvalue weighted by atomic mass is 10.1. The average molecular weight is 260 g/mol. The van der Waals surface area contributed by atoms with E-state index in [0.29, 0.717) is 29.6 Å². The Morgan fingerprint density at radius 1 is 1.50 bits per heavy atom. The molecule has 0 radical (unpaired) electrons. The van der Waals surface area contributed by atoms with Crippen molar-refractivity contribution in [3.05, 3.63) is 23.2 Å². The first kappa shape index (κ1) is 11.6. The van der Waals surface area contributed by atoms with Gasteiger partial charge >= 0.3 is 0 Å². The molecule has 16 heavy (non-hydrogen) atoms. The fraction of sp³-hybridized carbons (Fsp3) is 0.364. The Bertz CT molecular complexity index is 402. The van der Waals surface area contributed by atoms with Crippen molar-refractivity contribution >= 4 is 34.8 Å². The summed E-state index contributed by atoms with van der Waals surface area (Å²) in [6, 6.07) is 4.81. The Hall–Kier alpha value is -0.930. The number of halogens is 2. The van der Waals surface area contributed by atoms with Crippen LogP contribution in [0.25, 0.3) is 0 Å². The van der Waals surface area contributed by atoms with Gasteiger partial charge in [0, 0.05) is 18.8 Å². The zero-order valence-corrected chi connectivity index (χ0v) is 10.0. The van der Waals surface area contributed by atoms with E-state index < -0.39 is 0 Å². The number of nitrogens with zero attached hydrogens (tertiary/aromatic N) is 1. The molecular formula is C11H11Cl2NO2. The van der Waals surface area contributed by atoms with Gasteiger partial charge in [-0.25, -0.2) is 0 Å².